The number of aryl methyl sites for hydroxylation is 2. The van der Waals surface area contributed by atoms with Crippen LogP contribution >= 0.6 is 0 Å². The standard InChI is InChI=1S/C13H17N3O3S/c1-9-10(2)19-13(16-9)8-15-20(17,18)12-5-3-4-11(6-12)7-14/h3-6,15H,7-8,14H2,1-2H3. The third kappa shape index (κ3) is 3.24. The lowest BCUT2D eigenvalue weighted by Crippen LogP contribution is -2.23. The summed E-state index contributed by atoms with van der Waals surface area (Å²) in [6.45, 7) is 3.90. The molecule has 0 saturated carbocycles. The molecule has 0 aliphatic carbocycles. The van der Waals surface area contributed by atoms with Crippen molar-refractivity contribution in [2.45, 2.75) is 31.8 Å². The average molecular weight is 295 g/mol. The van der Waals surface area contributed by atoms with E-state index in [1.165, 1.54) is 6.07 Å². The van der Waals surface area contributed by atoms with Crippen molar-refractivity contribution in [2.24, 2.45) is 5.73 Å². The Labute approximate surface area is 118 Å². The molecule has 0 amide bonds. The highest BCUT2D eigenvalue weighted by atomic mass is 32.2. The van der Waals surface area contributed by atoms with E-state index in [2.05, 4.69) is 9.71 Å². The summed E-state index contributed by atoms with van der Waals surface area (Å²) in [6, 6.07) is 6.51. The summed E-state index contributed by atoms with van der Waals surface area (Å²) >= 11 is 0. The zero-order valence-electron chi connectivity index (χ0n) is 11.4. The first-order valence-corrected chi connectivity index (χ1v) is 7.62. The number of aromatic nitrogens is 1. The lowest BCUT2D eigenvalue weighted by atomic mass is 10.2. The maximum atomic E-state index is 12.1. The van der Waals surface area contributed by atoms with E-state index < -0.39 is 10.0 Å². The minimum absolute atomic E-state index is 0.0177. The third-order valence-corrected chi connectivity index (χ3v) is 4.33. The van der Waals surface area contributed by atoms with Crippen molar-refractivity contribution in [1.82, 2.24) is 9.71 Å². The number of hydrogen-bond acceptors (Lipinski definition) is 5. The van der Waals surface area contributed by atoms with Gasteiger partial charge < -0.3 is 10.2 Å². The quantitative estimate of drug-likeness (QED) is 0.864. The highest BCUT2D eigenvalue weighted by molar-refractivity contribution is 7.89. The summed E-state index contributed by atoms with van der Waals surface area (Å²) in [5, 5.41) is 0. The summed E-state index contributed by atoms with van der Waals surface area (Å²) in [5.74, 6) is 1.03. The van der Waals surface area contributed by atoms with E-state index in [1.807, 2.05) is 6.92 Å². The highest BCUT2D eigenvalue weighted by Gasteiger charge is 2.16. The van der Waals surface area contributed by atoms with Crippen molar-refractivity contribution in [3.8, 4) is 0 Å². The molecule has 0 saturated heterocycles. The second-order valence-electron chi connectivity index (χ2n) is 4.43. The topological polar surface area (TPSA) is 98.2 Å². The first kappa shape index (κ1) is 14.7. The molecule has 1 aromatic heterocycles. The summed E-state index contributed by atoms with van der Waals surface area (Å²) in [5.41, 5.74) is 7.02. The minimum Gasteiger partial charge on any atom is -0.444 e. The van der Waals surface area contributed by atoms with Gasteiger partial charge in [0.05, 0.1) is 17.1 Å². The molecule has 20 heavy (non-hydrogen) atoms. The van der Waals surface area contributed by atoms with Gasteiger partial charge in [-0.05, 0) is 31.5 Å². The fourth-order valence-electron chi connectivity index (χ4n) is 1.69. The Morgan fingerprint density at radius 3 is 2.70 bits per heavy atom. The van der Waals surface area contributed by atoms with Gasteiger partial charge in [-0.3, -0.25) is 0 Å². The second kappa shape index (κ2) is 5.74. The average Bonchev–Trinajstić information content (AvgIpc) is 2.76. The molecule has 3 N–H and O–H groups in total. The van der Waals surface area contributed by atoms with Gasteiger partial charge in [0.15, 0.2) is 0 Å². The molecule has 108 valence electrons. The monoisotopic (exact) mass is 295 g/mol. The number of nitrogens with two attached hydrogens (primary N) is 1. The van der Waals surface area contributed by atoms with E-state index in [0.29, 0.717) is 18.2 Å². The highest BCUT2D eigenvalue weighted by Crippen LogP contribution is 2.13. The van der Waals surface area contributed by atoms with Crippen LogP contribution in [0.25, 0.3) is 0 Å². The molecule has 0 spiro atoms. The molecule has 6 nitrogen and oxygen atoms in total. The molecule has 0 atom stereocenters. The van der Waals surface area contributed by atoms with Crippen molar-refractivity contribution >= 4 is 10.0 Å². The number of benzene rings is 1. The zero-order valence-corrected chi connectivity index (χ0v) is 12.2. The Morgan fingerprint density at radius 2 is 2.10 bits per heavy atom. The van der Waals surface area contributed by atoms with Crippen LogP contribution in [-0.4, -0.2) is 13.4 Å². The Bertz CT molecular complexity index is 688. The number of nitrogens with zero attached hydrogens (tertiary/aromatic N) is 1. The molecule has 0 bridgehead atoms. The lowest BCUT2D eigenvalue weighted by Gasteiger charge is -2.06. The van der Waals surface area contributed by atoms with Gasteiger partial charge >= 0.3 is 0 Å². The van der Waals surface area contributed by atoms with Crippen LogP contribution in [0.1, 0.15) is 22.9 Å². The van der Waals surface area contributed by atoms with Crippen molar-refractivity contribution in [3.63, 3.8) is 0 Å². The van der Waals surface area contributed by atoms with Crippen LogP contribution < -0.4 is 10.5 Å². The van der Waals surface area contributed by atoms with Crippen LogP contribution in [0.2, 0.25) is 0 Å². The Morgan fingerprint density at radius 1 is 1.35 bits per heavy atom. The minimum atomic E-state index is -3.60. The largest absolute Gasteiger partial charge is 0.444 e. The van der Waals surface area contributed by atoms with Gasteiger partial charge in [0.1, 0.15) is 5.76 Å². The molecule has 2 rings (SSSR count). The first-order valence-electron chi connectivity index (χ1n) is 6.14. The van der Waals surface area contributed by atoms with Gasteiger partial charge in [-0.25, -0.2) is 18.1 Å². The summed E-state index contributed by atoms with van der Waals surface area (Å²) in [6.07, 6.45) is 0. The first-order chi connectivity index (χ1) is 9.42. The van der Waals surface area contributed by atoms with Gasteiger partial charge in [0, 0.05) is 6.54 Å². The van der Waals surface area contributed by atoms with Crippen molar-refractivity contribution in [1.29, 1.82) is 0 Å². The van der Waals surface area contributed by atoms with Crippen molar-refractivity contribution in [3.05, 3.63) is 47.2 Å². The third-order valence-electron chi connectivity index (χ3n) is 2.93. The zero-order chi connectivity index (χ0) is 14.8. The molecule has 0 unspecified atom stereocenters. The molecule has 1 heterocycles. The molecule has 0 radical (unpaired) electrons. The Hall–Kier alpha value is -1.70. The number of hydrogen-bond donors (Lipinski definition) is 2. The molecule has 0 aliphatic heterocycles. The van der Waals surface area contributed by atoms with E-state index in [4.69, 9.17) is 10.2 Å². The lowest BCUT2D eigenvalue weighted by molar-refractivity contribution is 0.463. The maximum absolute atomic E-state index is 12.1. The number of nitrogens with one attached hydrogen (secondary N) is 1. The van der Waals surface area contributed by atoms with Gasteiger partial charge in [-0.2, -0.15) is 0 Å². The van der Waals surface area contributed by atoms with E-state index in [0.717, 1.165) is 11.3 Å². The summed E-state index contributed by atoms with van der Waals surface area (Å²) in [7, 11) is -3.60. The maximum Gasteiger partial charge on any atom is 0.241 e. The molecular formula is C13H17N3O3S. The smallest absolute Gasteiger partial charge is 0.241 e. The van der Waals surface area contributed by atoms with Gasteiger partial charge in [0.2, 0.25) is 15.9 Å². The molecule has 0 fully saturated rings. The summed E-state index contributed by atoms with van der Waals surface area (Å²) in [4.78, 5) is 4.31. The van der Waals surface area contributed by atoms with E-state index in [9.17, 15) is 8.42 Å². The van der Waals surface area contributed by atoms with Gasteiger partial charge in [-0.15, -0.1) is 0 Å². The fraction of sp³-hybridized carbons (Fsp3) is 0.308. The molecule has 2 aromatic rings. The number of sulfonamides is 1. The van der Waals surface area contributed by atoms with Gasteiger partial charge in [0.25, 0.3) is 0 Å². The number of oxazole rings is 1. The van der Waals surface area contributed by atoms with Crippen LogP contribution in [-0.2, 0) is 23.1 Å². The normalized spacial score (nSPS) is 11.8. The van der Waals surface area contributed by atoms with Crippen LogP contribution in [0.5, 0.6) is 0 Å². The van der Waals surface area contributed by atoms with Crippen molar-refractivity contribution < 1.29 is 12.8 Å². The van der Waals surface area contributed by atoms with Crippen LogP contribution in [0.15, 0.2) is 33.6 Å². The Kier molecular flexibility index (Phi) is 4.22. The van der Waals surface area contributed by atoms with E-state index in [-0.39, 0.29) is 11.4 Å². The van der Waals surface area contributed by atoms with E-state index in [1.54, 1.807) is 25.1 Å². The molecule has 1 aromatic carbocycles. The SMILES string of the molecule is Cc1nc(CNS(=O)(=O)c2cccc(CN)c2)oc1C. The number of rotatable bonds is 5. The second-order valence-corrected chi connectivity index (χ2v) is 6.19. The van der Waals surface area contributed by atoms with Crippen LogP contribution in [0.4, 0.5) is 0 Å². The molecule has 0 aliphatic rings. The van der Waals surface area contributed by atoms with Crippen LogP contribution in [0, 0.1) is 13.8 Å². The fourth-order valence-corrected chi connectivity index (χ4v) is 2.74. The molecular weight excluding hydrogens is 278 g/mol. The van der Waals surface area contributed by atoms with E-state index >= 15 is 0 Å². The van der Waals surface area contributed by atoms with Crippen molar-refractivity contribution in [2.75, 3.05) is 0 Å². The predicted octanol–water partition coefficient (Wildman–Crippen LogP) is 1.23. The van der Waals surface area contributed by atoms with Crippen LogP contribution in [0.3, 0.4) is 0 Å². The molecule has 7 heteroatoms. The predicted molar refractivity (Wildman–Crippen MR) is 74.3 cm³/mol. The van der Waals surface area contributed by atoms with Gasteiger partial charge in [-0.1, -0.05) is 12.1 Å². The summed E-state index contributed by atoms with van der Waals surface area (Å²) < 4.78 is 32.1. The Balaban J connectivity index is 2.14.